The second-order valence-corrected chi connectivity index (χ2v) is 3.09. The van der Waals surface area contributed by atoms with Gasteiger partial charge in [-0.3, -0.25) is 0 Å². The van der Waals surface area contributed by atoms with Gasteiger partial charge in [-0.1, -0.05) is 12.1 Å². The van der Waals surface area contributed by atoms with Gasteiger partial charge in [-0.05, 0) is 27.2 Å². The van der Waals surface area contributed by atoms with E-state index >= 15 is 0 Å². The first-order valence-corrected chi connectivity index (χ1v) is 3.85. The second-order valence-electron chi connectivity index (χ2n) is 3.09. The van der Waals surface area contributed by atoms with E-state index in [9.17, 15) is 4.79 Å². The Labute approximate surface area is 72.2 Å². The lowest BCUT2D eigenvalue weighted by Gasteiger charge is -2.16. The van der Waals surface area contributed by atoms with Gasteiger partial charge in [-0.15, -0.1) is 0 Å². The first-order valence-electron chi connectivity index (χ1n) is 3.85. The van der Waals surface area contributed by atoms with Crippen LogP contribution in [0.1, 0.15) is 34.1 Å². The molecule has 0 saturated carbocycles. The van der Waals surface area contributed by atoms with Gasteiger partial charge in [-0.2, -0.15) is 0 Å². The van der Waals surface area contributed by atoms with Gasteiger partial charge >= 0.3 is 5.97 Å². The molecule has 0 aliphatic heterocycles. The summed E-state index contributed by atoms with van der Waals surface area (Å²) in [5.74, 6) is -1.02. The van der Waals surface area contributed by atoms with Crippen LogP contribution in [0.5, 0.6) is 0 Å². The summed E-state index contributed by atoms with van der Waals surface area (Å²) in [5.41, 5.74) is -0.458. The number of aliphatic carboxylic acids is 1. The van der Waals surface area contributed by atoms with Gasteiger partial charge in [0.1, 0.15) is 0 Å². The molecule has 0 rings (SSSR count). The van der Waals surface area contributed by atoms with Gasteiger partial charge < -0.3 is 9.94 Å². The predicted molar refractivity (Wildman–Crippen MR) is 46.2 cm³/mol. The Kier molecular flexibility index (Phi) is 3.73. The summed E-state index contributed by atoms with van der Waals surface area (Å²) in [5, 5.41) is 12.3. The molecule has 0 aromatic heterocycles. The SMILES string of the molecule is CC/C(C)=N/OC(C)(C)C(=O)O. The summed E-state index contributed by atoms with van der Waals surface area (Å²) in [7, 11) is 0. The molecule has 0 heterocycles. The average Bonchev–Trinajstić information content (AvgIpc) is 2.00. The minimum Gasteiger partial charge on any atom is -0.478 e. The highest BCUT2D eigenvalue weighted by molar-refractivity contribution is 5.81. The maximum Gasteiger partial charge on any atom is 0.350 e. The van der Waals surface area contributed by atoms with E-state index in [-0.39, 0.29) is 0 Å². The van der Waals surface area contributed by atoms with Crippen molar-refractivity contribution in [2.24, 2.45) is 5.16 Å². The zero-order valence-corrected chi connectivity index (χ0v) is 7.92. The number of rotatable bonds is 4. The van der Waals surface area contributed by atoms with E-state index in [0.29, 0.717) is 0 Å². The Bertz CT molecular complexity index is 196. The summed E-state index contributed by atoms with van der Waals surface area (Å²) in [4.78, 5) is 15.4. The standard InChI is InChI=1S/C8H15NO3/c1-5-6(2)9-12-8(3,4)7(10)11/h5H2,1-4H3,(H,10,11)/b9-6+. The minimum absolute atomic E-state index is 0.760. The largest absolute Gasteiger partial charge is 0.478 e. The third-order valence-electron chi connectivity index (χ3n) is 1.46. The zero-order valence-electron chi connectivity index (χ0n) is 7.92. The zero-order chi connectivity index (χ0) is 9.78. The fourth-order valence-corrected chi connectivity index (χ4v) is 0.296. The van der Waals surface area contributed by atoms with Crippen LogP contribution in [0.25, 0.3) is 0 Å². The summed E-state index contributed by atoms with van der Waals surface area (Å²) in [6.45, 7) is 6.64. The first-order chi connectivity index (χ1) is 5.40. The van der Waals surface area contributed by atoms with Crippen molar-refractivity contribution >= 4 is 11.7 Å². The molecule has 0 aliphatic carbocycles. The molecule has 0 aliphatic rings. The highest BCUT2D eigenvalue weighted by Crippen LogP contribution is 2.09. The van der Waals surface area contributed by atoms with E-state index in [1.807, 2.05) is 6.92 Å². The van der Waals surface area contributed by atoms with Gasteiger partial charge in [-0.25, -0.2) is 4.79 Å². The molecule has 0 fully saturated rings. The molecular weight excluding hydrogens is 158 g/mol. The van der Waals surface area contributed by atoms with Gasteiger partial charge in [0.25, 0.3) is 0 Å². The molecular formula is C8H15NO3. The van der Waals surface area contributed by atoms with Gasteiger partial charge in [0.15, 0.2) is 0 Å². The Hall–Kier alpha value is -1.06. The van der Waals surface area contributed by atoms with Crippen LogP contribution in [0.3, 0.4) is 0 Å². The second kappa shape index (κ2) is 4.09. The molecule has 12 heavy (non-hydrogen) atoms. The number of carboxylic acid groups (broad SMARTS) is 1. The van der Waals surface area contributed by atoms with E-state index in [0.717, 1.165) is 12.1 Å². The van der Waals surface area contributed by atoms with Crippen molar-refractivity contribution < 1.29 is 14.7 Å². The summed E-state index contributed by atoms with van der Waals surface area (Å²) in [6.07, 6.45) is 0.760. The topological polar surface area (TPSA) is 58.9 Å². The van der Waals surface area contributed by atoms with Crippen molar-refractivity contribution in [3.63, 3.8) is 0 Å². The van der Waals surface area contributed by atoms with Crippen molar-refractivity contribution in [3.05, 3.63) is 0 Å². The average molecular weight is 173 g/mol. The Balaban J connectivity index is 4.17. The maximum atomic E-state index is 10.5. The first kappa shape index (κ1) is 10.9. The molecule has 1 N–H and O–H groups in total. The van der Waals surface area contributed by atoms with Crippen LogP contribution in [-0.2, 0) is 9.63 Å². The smallest absolute Gasteiger partial charge is 0.350 e. The Morgan fingerprint density at radius 3 is 2.42 bits per heavy atom. The molecule has 0 unspecified atom stereocenters. The van der Waals surface area contributed by atoms with Crippen molar-refractivity contribution in [2.75, 3.05) is 0 Å². The highest BCUT2D eigenvalue weighted by atomic mass is 16.7. The lowest BCUT2D eigenvalue weighted by Crippen LogP contribution is -2.33. The Morgan fingerprint density at radius 2 is 2.08 bits per heavy atom. The molecule has 0 spiro atoms. The number of oxime groups is 1. The normalized spacial score (nSPS) is 12.8. The minimum atomic E-state index is -1.24. The van der Waals surface area contributed by atoms with Gasteiger partial charge in [0, 0.05) is 0 Å². The molecule has 0 amide bonds. The molecule has 0 atom stereocenters. The molecule has 4 heteroatoms. The molecule has 0 radical (unpaired) electrons. The van der Waals surface area contributed by atoms with Crippen LogP contribution < -0.4 is 0 Å². The van der Waals surface area contributed by atoms with E-state index in [1.165, 1.54) is 13.8 Å². The quantitative estimate of drug-likeness (QED) is 0.519. The van der Waals surface area contributed by atoms with Gasteiger partial charge in [0.2, 0.25) is 5.60 Å². The van der Waals surface area contributed by atoms with E-state index < -0.39 is 11.6 Å². The highest BCUT2D eigenvalue weighted by Gasteiger charge is 2.29. The number of carboxylic acids is 1. The van der Waals surface area contributed by atoms with Crippen molar-refractivity contribution in [1.82, 2.24) is 0 Å². The van der Waals surface area contributed by atoms with Crippen LogP contribution in [0, 0.1) is 0 Å². The van der Waals surface area contributed by atoms with E-state index in [2.05, 4.69) is 5.16 Å². The predicted octanol–water partition coefficient (Wildman–Crippen LogP) is 1.65. The van der Waals surface area contributed by atoms with E-state index in [1.54, 1.807) is 6.92 Å². The molecule has 0 aromatic rings. The number of hydrogen-bond acceptors (Lipinski definition) is 3. The number of hydrogen-bond donors (Lipinski definition) is 1. The molecule has 0 saturated heterocycles. The van der Waals surface area contributed by atoms with Crippen LogP contribution in [-0.4, -0.2) is 22.4 Å². The third-order valence-corrected chi connectivity index (χ3v) is 1.46. The van der Waals surface area contributed by atoms with Gasteiger partial charge in [0.05, 0.1) is 5.71 Å². The number of carbonyl (C=O) groups is 1. The molecule has 70 valence electrons. The van der Waals surface area contributed by atoms with Crippen LogP contribution in [0.2, 0.25) is 0 Å². The monoisotopic (exact) mass is 173 g/mol. The van der Waals surface area contributed by atoms with Crippen molar-refractivity contribution in [1.29, 1.82) is 0 Å². The molecule has 0 bridgehead atoms. The molecule has 4 nitrogen and oxygen atoms in total. The lowest BCUT2D eigenvalue weighted by atomic mass is 10.1. The molecule has 0 aromatic carbocycles. The fraction of sp³-hybridized carbons (Fsp3) is 0.750. The maximum absolute atomic E-state index is 10.5. The van der Waals surface area contributed by atoms with Crippen molar-refractivity contribution in [2.45, 2.75) is 39.7 Å². The van der Waals surface area contributed by atoms with E-state index in [4.69, 9.17) is 9.94 Å². The van der Waals surface area contributed by atoms with Crippen LogP contribution in [0.15, 0.2) is 5.16 Å². The fourth-order valence-electron chi connectivity index (χ4n) is 0.296. The Morgan fingerprint density at radius 1 is 1.58 bits per heavy atom. The van der Waals surface area contributed by atoms with Crippen molar-refractivity contribution in [3.8, 4) is 0 Å². The summed E-state index contributed by atoms with van der Waals surface area (Å²) < 4.78 is 0. The summed E-state index contributed by atoms with van der Waals surface area (Å²) in [6, 6.07) is 0. The number of nitrogens with zero attached hydrogens (tertiary/aromatic N) is 1. The third kappa shape index (κ3) is 3.37. The van der Waals surface area contributed by atoms with Crippen LogP contribution >= 0.6 is 0 Å². The van der Waals surface area contributed by atoms with Crippen LogP contribution in [0.4, 0.5) is 0 Å². The summed E-state index contributed by atoms with van der Waals surface area (Å²) >= 11 is 0. The lowest BCUT2D eigenvalue weighted by molar-refractivity contribution is -0.161.